The number of benzene rings is 1. The van der Waals surface area contributed by atoms with Gasteiger partial charge in [-0.2, -0.15) is 0 Å². The van der Waals surface area contributed by atoms with Crippen molar-refractivity contribution in [1.82, 2.24) is 10.3 Å². The van der Waals surface area contributed by atoms with Crippen LogP contribution in [0.15, 0.2) is 29.0 Å². The monoisotopic (exact) mass is 178 g/mol. The van der Waals surface area contributed by atoms with Gasteiger partial charge >= 0.3 is 0 Å². The molecular weight excluding hydrogens is 168 g/mol. The van der Waals surface area contributed by atoms with Crippen LogP contribution in [0.2, 0.25) is 0 Å². The maximum Gasteiger partial charge on any atom is 0.181 e. The number of nitrogens with zero attached hydrogens (tertiary/aromatic N) is 1. The van der Waals surface area contributed by atoms with Gasteiger partial charge in [-0.05, 0) is 24.7 Å². The summed E-state index contributed by atoms with van der Waals surface area (Å²) in [5.41, 5.74) is 2.26. The van der Waals surface area contributed by atoms with Crippen molar-refractivity contribution in [2.75, 3.05) is 7.05 Å². The lowest BCUT2D eigenvalue weighted by molar-refractivity contribution is 0.149. The van der Waals surface area contributed by atoms with Crippen molar-refractivity contribution >= 4 is 11.1 Å². The van der Waals surface area contributed by atoms with E-state index in [0.717, 1.165) is 11.1 Å². The van der Waals surface area contributed by atoms with Crippen LogP contribution in [0.4, 0.5) is 0 Å². The third kappa shape index (κ3) is 1.41. The molecule has 13 heavy (non-hydrogen) atoms. The summed E-state index contributed by atoms with van der Waals surface area (Å²) in [5.74, 6) is 0. The topological polar surface area (TPSA) is 58.3 Å². The number of oxazole rings is 1. The van der Waals surface area contributed by atoms with E-state index in [1.165, 1.54) is 6.39 Å². The average molecular weight is 178 g/mol. The Kier molecular flexibility index (Phi) is 2.00. The number of aliphatic hydroxyl groups is 1. The molecule has 0 spiro atoms. The molecule has 1 atom stereocenters. The van der Waals surface area contributed by atoms with E-state index in [4.69, 9.17) is 4.42 Å². The highest BCUT2D eigenvalue weighted by Gasteiger charge is 2.06. The molecule has 68 valence electrons. The molecule has 4 heteroatoms. The van der Waals surface area contributed by atoms with Crippen molar-refractivity contribution in [2.45, 2.75) is 6.23 Å². The molecule has 0 saturated heterocycles. The molecule has 1 aromatic heterocycles. The third-order valence-corrected chi connectivity index (χ3v) is 1.94. The van der Waals surface area contributed by atoms with E-state index in [-0.39, 0.29) is 0 Å². The predicted molar refractivity (Wildman–Crippen MR) is 48.0 cm³/mol. The Morgan fingerprint density at radius 2 is 2.38 bits per heavy atom. The van der Waals surface area contributed by atoms with E-state index >= 15 is 0 Å². The zero-order valence-electron chi connectivity index (χ0n) is 7.19. The Morgan fingerprint density at radius 1 is 1.54 bits per heavy atom. The zero-order chi connectivity index (χ0) is 9.26. The minimum atomic E-state index is -0.658. The summed E-state index contributed by atoms with van der Waals surface area (Å²) in [6.07, 6.45) is 0.731. The predicted octanol–water partition coefficient (Wildman–Crippen LogP) is 1.04. The normalized spacial score (nSPS) is 13.4. The Balaban J connectivity index is 2.48. The van der Waals surface area contributed by atoms with E-state index in [0.29, 0.717) is 5.58 Å². The number of hydrogen-bond acceptors (Lipinski definition) is 4. The summed E-state index contributed by atoms with van der Waals surface area (Å²) < 4.78 is 5.10. The largest absolute Gasteiger partial charge is 0.443 e. The van der Waals surface area contributed by atoms with Gasteiger partial charge in [-0.25, -0.2) is 4.98 Å². The minimum absolute atomic E-state index is 0.658. The van der Waals surface area contributed by atoms with Crippen molar-refractivity contribution in [2.24, 2.45) is 0 Å². The zero-order valence-corrected chi connectivity index (χ0v) is 7.19. The van der Waals surface area contributed by atoms with Gasteiger partial charge in [-0.15, -0.1) is 0 Å². The van der Waals surface area contributed by atoms with Gasteiger partial charge in [0.2, 0.25) is 0 Å². The van der Waals surface area contributed by atoms with Crippen LogP contribution in [0.1, 0.15) is 11.8 Å². The summed E-state index contributed by atoms with van der Waals surface area (Å²) in [5, 5.41) is 12.2. The molecule has 0 aliphatic rings. The van der Waals surface area contributed by atoms with Gasteiger partial charge in [0, 0.05) is 0 Å². The first-order valence-corrected chi connectivity index (χ1v) is 4.00. The molecule has 0 amide bonds. The Labute approximate surface area is 75.2 Å². The Morgan fingerprint density at radius 3 is 3.15 bits per heavy atom. The molecule has 4 nitrogen and oxygen atoms in total. The molecule has 2 N–H and O–H groups in total. The Bertz CT molecular complexity index is 411. The van der Waals surface area contributed by atoms with Gasteiger partial charge < -0.3 is 9.52 Å². The van der Waals surface area contributed by atoms with Crippen molar-refractivity contribution < 1.29 is 9.52 Å². The van der Waals surface area contributed by atoms with Crippen molar-refractivity contribution in [3.05, 3.63) is 30.2 Å². The van der Waals surface area contributed by atoms with Crippen LogP contribution in [0, 0.1) is 0 Å². The van der Waals surface area contributed by atoms with E-state index in [1.807, 2.05) is 12.1 Å². The van der Waals surface area contributed by atoms with Crippen molar-refractivity contribution in [3.63, 3.8) is 0 Å². The van der Waals surface area contributed by atoms with Gasteiger partial charge in [0.1, 0.15) is 11.7 Å². The molecule has 2 rings (SSSR count). The molecule has 0 fully saturated rings. The third-order valence-electron chi connectivity index (χ3n) is 1.94. The summed E-state index contributed by atoms with van der Waals surface area (Å²) in [6, 6.07) is 5.39. The second kappa shape index (κ2) is 3.16. The highest BCUT2D eigenvalue weighted by molar-refractivity contribution is 5.72. The van der Waals surface area contributed by atoms with E-state index in [2.05, 4.69) is 10.3 Å². The number of hydrogen-bond donors (Lipinski definition) is 2. The van der Waals surface area contributed by atoms with Crippen LogP contribution in [0.3, 0.4) is 0 Å². The second-order valence-electron chi connectivity index (χ2n) is 2.77. The fourth-order valence-corrected chi connectivity index (χ4v) is 1.21. The summed E-state index contributed by atoms with van der Waals surface area (Å²) in [4.78, 5) is 3.98. The van der Waals surface area contributed by atoms with Crippen molar-refractivity contribution in [3.8, 4) is 0 Å². The van der Waals surface area contributed by atoms with Gasteiger partial charge in [0.25, 0.3) is 0 Å². The van der Waals surface area contributed by atoms with E-state index in [1.54, 1.807) is 13.1 Å². The van der Waals surface area contributed by atoms with E-state index in [9.17, 15) is 5.11 Å². The SMILES string of the molecule is CNC(O)c1ccc2ncoc2c1. The first-order chi connectivity index (χ1) is 6.31. The standard InChI is InChI=1S/C9H10N2O2/c1-10-9(12)6-2-3-7-8(4-6)13-5-11-7/h2-5,9-10,12H,1H3. The van der Waals surface area contributed by atoms with Crippen molar-refractivity contribution in [1.29, 1.82) is 0 Å². The maximum absolute atomic E-state index is 9.45. The van der Waals surface area contributed by atoms with Gasteiger partial charge in [0.15, 0.2) is 12.0 Å². The van der Waals surface area contributed by atoms with Crippen LogP contribution < -0.4 is 5.32 Å². The fraction of sp³-hybridized carbons (Fsp3) is 0.222. The minimum Gasteiger partial charge on any atom is -0.443 e. The lowest BCUT2D eigenvalue weighted by atomic mass is 10.2. The molecule has 2 aromatic rings. The molecule has 1 aromatic carbocycles. The summed E-state index contributed by atoms with van der Waals surface area (Å²) >= 11 is 0. The molecule has 0 saturated carbocycles. The molecule has 0 bridgehead atoms. The summed E-state index contributed by atoms with van der Waals surface area (Å²) in [7, 11) is 1.69. The van der Waals surface area contributed by atoms with Crippen LogP contribution in [0.5, 0.6) is 0 Å². The van der Waals surface area contributed by atoms with Crippen LogP contribution >= 0.6 is 0 Å². The van der Waals surface area contributed by atoms with Crippen LogP contribution in [-0.2, 0) is 0 Å². The van der Waals surface area contributed by atoms with E-state index < -0.39 is 6.23 Å². The quantitative estimate of drug-likeness (QED) is 0.674. The first kappa shape index (κ1) is 8.22. The van der Waals surface area contributed by atoms with Crippen LogP contribution in [0.25, 0.3) is 11.1 Å². The van der Waals surface area contributed by atoms with Gasteiger partial charge in [-0.1, -0.05) is 6.07 Å². The number of aliphatic hydroxyl groups excluding tert-OH is 1. The smallest absolute Gasteiger partial charge is 0.181 e. The van der Waals surface area contributed by atoms with Crippen LogP contribution in [-0.4, -0.2) is 17.1 Å². The van der Waals surface area contributed by atoms with Gasteiger partial charge in [0.05, 0.1) is 0 Å². The molecule has 0 aliphatic heterocycles. The second-order valence-corrected chi connectivity index (χ2v) is 2.77. The Hall–Kier alpha value is -1.39. The molecular formula is C9H10N2O2. The fourth-order valence-electron chi connectivity index (χ4n) is 1.21. The molecule has 1 heterocycles. The lowest BCUT2D eigenvalue weighted by Crippen LogP contribution is -2.14. The van der Waals surface area contributed by atoms with Gasteiger partial charge in [-0.3, -0.25) is 5.32 Å². The number of nitrogens with one attached hydrogen (secondary N) is 1. The highest BCUT2D eigenvalue weighted by atomic mass is 16.3. The average Bonchev–Trinajstić information content (AvgIpc) is 2.63. The number of rotatable bonds is 2. The first-order valence-electron chi connectivity index (χ1n) is 4.00. The number of fused-ring (bicyclic) bond motifs is 1. The molecule has 0 aliphatic carbocycles. The number of aromatic nitrogens is 1. The maximum atomic E-state index is 9.45. The highest BCUT2D eigenvalue weighted by Crippen LogP contribution is 2.17. The molecule has 0 radical (unpaired) electrons. The summed E-state index contributed by atoms with van der Waals surface area (Å²) in [6.45, 7) is 0. The molecule has 1 unspecified atom stereocenters. The lowest BCUT2D eigenvalue weighted by Gasteiger charge is -2.07.